The topological polar surface area (TPSA) is 266 Å². The van der Waals surface area contributed by atoms with Crippen LogP contribution in [0.2, 0.25) is 0 Å². The fourth-order valence-electron chi connectivity index (χ4n) is 3.16. The Hall–Kier alpha value is -4.82. The van der Waals surface area contributed by atoms with E-state index >= 15 is 0 Å². The standard InChI is InChI=1S/C13H15N3O8.C5H9NO4.C4H5NO3.CH4/c1-14(6-12(21)23-15-8(17)2-3-9(15)18)7-13(22)24-16-10(19)4-5-11(16)20;1-6(2-4(7)8)3-5(9)10;6-3-1-2-4(7)5(3)8;/h2-7H2,1H3;2-3H2,1H3,(H,7,8)(H,9,10);8H,1-2H2;1H4. The van der Waals surface area contributed by atoms with Crippen molar-refractivity contribution >= 4 is 59.3 Å². The quantitative estimate of drug-likeness (QED) is 0.167. The highest BCUT2D eigenvalue weighted by atomic mass is 16.7. The number of rotatable bonds is 10. The van der Waals surface area contributed by atoms with Crippen LogP contribution in [0, 0.1) is 0 Å². The zero-order valence-electron chi connectivity index (χ0n) is 22.5. The third-order valence-electron chi connectivity index (χ3n) is 5.03. The largest absolute Gasteiger partial charge is 0.480 e. The molecule has 3 heterocycles. The van der Waals surface area contributed by atoms with Crippen LogP contribution in [-0.2, 0) is 57.6 Å². The van der Waals surface area contributed by atoms with Crippen molar-refractivity contribution < 1.29 is 73.0 Å². The zero-order chi connectivity index (χ0) is 32.1. The van der Waals surface area contributed by atoms with Gasteiger partial charge < -0.3 is 19.9 Å². The first-order chi connectivity index (χ1) is 19.5. The number of hydroxylamine groups is 6. The van der Waals surface area contributed by atoms with Crippen LogP contribution in [0.15, 0.2) is 0 Å². The summed E-state index contributed by atoms with van der Waals surface area (Å²) in [5.41, 5.74) is 0. The van der Waals surface area contributed by atoms with Gasteiger partial charge in [0.05, 0.1) is 26.2 Å². The van der Waals surface area contributed by atoms with Gasteiger partial charge in [-0.15, -0.1) is 10.1 Å². The molecule has 0 aromatic heterocycles. The summed E-state index contributed by atoms with van der Waals surface area (Å²) < 4.78 is 0. The molecule has 240 valence electrons. The van der Waals surface area contributed by atoms with E-state index in [2.05, 4.69) is 9.68 Å². The summed E-state index contributed by atoms with van der Waals surface area (Å²) >= 11 is 0. The first-order valence-electron chi connectivity index (χ1n) is 12.0. The van der Waals surface area contributed by atoms with E-state index in [0.717, 1.165) is 0 Å². The Morgan fingerprint density at radius 2 is 0.837 bits per heavy atom. The Morgan fingerprint density at radius 1 is 0.581 bits per heavy atom. The summed E-state index contributed by atoms with van der Waals surface area (Å²) in [7, 11) is 2.81. The summed E-state index contributed by atoms with van der Waals surface area (Å²) in [6.45, 7) is -1.30. The van der Waals surface area contributed by atoms with Crippen molar-refractivity contribution in [2.24, 2.45) is 0 Å². The molecule has 3 saturated heterocycles. The number of likely N-dealkylation sites (N-methyl/N-ethyl adjacent to an activating group) is 2. The third kappa shape index (κ3) is 13.6. The van der Waals surface area contributed by atoms with Crippen molar-refractivity contribution in [1.29, 1.82) is 0 Å². The van der Waals surface area contributed by atoms with Gasteiger partial charge in [-0.3, -0.25) is 53.4 Å². The number of hydrogen-bond donors (Lipinski definition) is 3. The van der Waals surface area contributed by atoms with Gasteiger partial charge in [-0.05, 0) is 14.1 Å². The van der Waals surface area contributed by atoms with Gasteiger partial charge in [-0.1, -0.05) is 7.43 Å². The predicted octanol–water partition coefficient (Wildman–Crippen LogP) is -2.62. The smallest absolute Gasteiger partial charge is 0.347 e. The van der Waals surface area contributed by atoms with Crippen LogP contribution in [0.5, 0.6) is 0 Å². The Kier molecular flexibility index (Phi) is 15.9. The molecule has 3 aliphatic rings. The first kappa shape index (κ1) is 38.2. The molecule has 20 heteroatoms. The lowest BCUT2D eigenvalue weighted by atomic mass is 10.4. The van der Waals surface area contributed by atoms with Crippen LogP contribution in [0.25, 0.3) is 0 Å². The van der Waals surface area contributed by atoms with Gasteiger partial charge >= 0.3 is 23.9 Å². The molecule has 0 aromatic carbocycles. The highest BCUT2D eigenvalue weighted by Crippen LogP contribution is 2.13. The SMILES string of the molecule is C.CN(CC(=O)O)CC(=O)O.CN(CC(=O)ON1C(=O)CCC1=O)CC(=O)ON1C(=O)CCC1=O.O=C1CCC(=O)N1O. The normalized spacial score (nSPS) is 16.1. The van der Waals surface area contributed by atoms with E-state index in [0.29, 0.717) is 10.1 Å². The van der Waals surface area contributed by atoms with Crippen LogP contribution >= 0.6 is 0 Å². The van der Waals surface area contributed by atoms with Gasteiger partial charge in [0.1, 0.15) is 0 Å². The summed E-state index contributed by atoms with van der Waals surface area (Å²) in [4.78, 5) is 121. The molecule has 3 aliphatic heterocycles. The molecule has 0 radical (unpaired) electrons. The molecule has 43 heavy (non-hydrogen) atoms. The van der Waals surface area contributed by atoms with E-state index in [1.807, 2.05) is 0 Å². The third-order valence-corrected chi connectivity index (χ3v) is 5.03. The van der Waals surface area contributed by atoms with Crippen molar-refractivity contribution in [2.45, 2.75) is 46.0 Å². The summed E-state index contributed by atoms with van der Waals surface area (Å²) in [6, 6.07) is 0. The van der Waals surface area contributed by atoms with Crippen LogP contribution in [0.4, 0.5) is 0 Å². The molecule has 20 nitrogen and oxygen atoms in total. The average Bonchev–Trinajstić information content (AvgIpc) is 3.46. The van der Waals surface area contributed by atoms with Crippen LogP contribution in [0.3, 0.4) is 0 Å². The van der Waals surface area contributed by atoms with Crippen molar-refractivity contribution in [2.75, 3.05) is 40.3 Å². The predicted molar refractivity (Wildman–Crippen MR) is 134 cm³/mol. The number of carboxylic acids is 2. The lowest BCUT2D eigenvalue weighted by molar-refractivity contribution is -0.200. The maximum Gasteiger partial charge on any atom is 0.347 e. The Labute approximate surface area is 244 Å². The van der Waals surface area contributed by atoms with E-state index in [9.17, 15) is 47.9 Å². The number of nitrogens with zero attached hydrogens (tertiary/aromatic N) is 5. The van der Waals surface area contributed by atoms with Gasteiger partial charge in [-0.25, -0.2) is 9.59 Å². The van der Waals surface area contributed by atoms with Gasteiger partial charge in [0, 0.05) is 38.5 Å². The summed E-state index contributed by atoms with van der Waals surface area (Å²) in [5.74, 6) is -7.33. The Morgan fingerprint density at radius 3 is 1.07 bits per heavy atom. The molecule has 3 rings (SSSR count). The Balaban J connectivity index is 0.000000763. The van der Waals surface area contributed by atoms with E-state index in [1.165, 1.54) is 23.9 Å². The number of imide groups is 3. The number of hydrogen-bond acceptors (Lipinski definition) is 15. The van der Waals surface area contributed by atoms with Crippen LogP contribution < -0.4 is 0 Å². The minimum Gasteiger partial charge on any atom is -0.480 e. The molecule has 0 spiro atoms. The van der Waals surface area contributed by atoms with Gasteiger partial charge in [0.25, 0.3) is 35.4 Å². The maximum atomic E-state index is 11.6. The molecule has 6 amide bonds. The van der Waals surface area contributed by atoms with Gasteiger partial charge in [0.15, 0.2) is 0 Å². The van der Waals surface area contributed by atoms with Crippen LogP contribution in [-0.4, -0.2) is 140 Å². The molecule has 0 aromatic rings. The second-order valence-corrected chi connectivity index (χ2v) is 8.82. The number of amides is 6. The summed E-state index contributed by atoms with van der Waals surface area (Å²) in [6.07, 6.45) is 0.210. The molecular formula is C23H33N5O15. The van der Waals surface area contributed by atoms with E-state index < -0.39 is 72.4 Å². The molecule has 0 saturated carbocycles. The first-order valence-corrected chi connectivity index (χ1v) is 12.0. The molecule has 0 atom stereocenters. The van der Waals surface area contributed by atoms with Crippen molar-refractivity contribution in [3.8, 4) is 0 Å². The fraction of sp³-hybridized carbons (Fsp3) is 0.565. The average molecular weight is 620 g/mol. The minimum absolute atomic E-state index is 0. The van der Waals surface area contributed by atoms with E-state index in [1.54, 1.807) is 0 Å². The lowest BCUT2D eigenvalue weighted by Gasteiger charge is -2.18. The second kappa shape index (κ2) is 17.9. The zero-order valence-corrected chi connectivity index (χ0v) is 22.5. The monoisotopic (exact) mass is 619 g/mol. The van der Waals surface area contributed by atoms with Gasteiger partial charge in [0.2, 0.25) is 0 Å². The van der Waals surface area contributed by atoms with E-state index in [-0.39, 0.29) is 64.1 Å². The minimum atomic E-state index is -1.02. The van der Waals surface area contributed by atoms with Crippen molar-refractivity contribution in [3.63, 3.8) is 0 Å². The Bertz CT molecular complexity index is 1020. The molecule has 0 unspecified atom stereocenters. The van der Waals surface area contributed by atoms with Gasteiger partial charge in [-0.2, -0.15) is 5.06 Å². The summed E-state index contributed by atoms with van der Waals surface area (Å²) in [5, 5.41) is 25.7. The molecular weight excluding hydrogens is 586 g/mol. The van der Waals surface area contributed by atoms with Crippen LogP contribution in [0.1, 0.15) is 46.0 Å². The van der Waals surface area contributed by atoms with Crippen molar-refractivity contribution in [1.82, 2.24) is 25.0 Å². The molecule has 0 bridgehead atoms. The number of carbonyl (C=O) groups is 10. The molecule has 3 N–H and O–H groups in total. The molecule has 3 fully saturated rings. The number of aliphatic carboxylic acids is 2. The maximum absolute atomic E-state index is 11.6. The molecule has 0 aliphatic carbocycles. The lowest BCUT2D eigenvalue weighted by Crippen LogP contribution is -2.40. The van der Waals surface area contributed by atoms with Crippen molar-refractivity contribution in [3.05, 3.63) is 0 Å². The highest BCUT2D eigenvalue weighted by molar-refractivity contribution is 6.02. The number of carbonyl (C=O) groups excluding carboxylic acids is 8. The second-order valence-electron chi connectivity index (χ2n) is 8.82. The number of carboxylic acid groups (broad SMARTS) is 2. The highest BCUT2D eigenvalue weighted by Gasteiger charge is 2.34. The van der Waals surface area contributed by atoms with E-state index in [4.69, 9.17) is 15.4 Å². The fourth-order valence-corrected chi connectivity index (χ4v) is 3.16.